The fourth-order valence-electron chi connectivity index (χ4n) is 2.27. The van der Waals surface area contributed by atoms with Crippen molar-refractivity contribution in [1.29, 1.82) is 0 Å². The van der Waals surface area contributed by atoms with E-state index in [1.165, 1.54) is 16.5 Å². The molecule has 0 fully saturated rings. The van der Waals surface area contributed by atoms with E-state index in [9.17, 15) is 0 Å². The summed E-state index contributed by atoms with van der Waals surface area (Å²) in [4.78, 5) is 0. The van der Waals surface area contributed by atoms with Gasteiger partial charge in [-0.15, -0.1) is 0 Å². The lowest BCUT2D eigenvalue weighted by Crippen LogP contribution is -2.30. The molecule has 0 aromatic heterocycles. The van der Waals surface area contributed by atoms with E-state index in [-0.39, 0.29) is 0 Å². The van der Waals surface area contributed by atoms with Gasteiger partial charge in [-0.2, -0.15) is 0 Å². The average Bonchev–Trinajstić information content (AvgIpc) is 2.42. The summed E-state index contributed by atoms with van der Waals surface area (Å²) in [5.41, 5.74) is 1.40. The minimum Gasteiger partial charge on any atom is -0.382 e. The first-order valence-corrected chi connectivity index (χ1v) is 8.47. The third-order valence-corrected chi connectivity index (χ3v) is 4.16. The Morgan fingerprint density at radius 2 is 2.00 bits per heavy atom. The van der Waals surface area contributed by atoms with Crippen LogP contribution in [0.2, 0.25) is 0 Å². The van der Waals surface area contributed by atoms with Crippen molar-refractivity contribution >= 4 is 15.9 Å². The third kappa shape index (κ3) is 7.41. The van der Waals surface area contributed by atoms with Gasteiger partial charge in [0.15, 0.2) is 0 Å². The second-order valence-corrected chi connectivity index (χ2v) is 6.42. The van der Waals surface area contributed by atoms with E-state index < -0.39 is 0 Å². The lowest BCUT2D eigenvalue weighted by molar-refractivity contribution is 0.139. The Bertz CT molecular complexity index is 368. The summed E-state index contributed by atoms with van der Waals surface area (Å²) in [6, 6.07) is 9.08. The Morgan fingerprint density at radius 1 is 1.25 bits per heavy atom. The molecule has 0 saturated carbocycles. The first kappa shape index (κ1) is 17.7. The van der Waals surface area contributed by atoms with Gasteiger partial charge in [-0.05, 0) is 50.3 Å². The molecule has 20 heavy (non-hydrogen) atoms. The molecule has 0 bridgehead atoms. The molecular weight excluding hydrogens is 314 g/mol. The monoisotopic (exact) mass is 341 g/mol. The highest BCUT2D eigenvalue weighted by atomic mass is 79.9. The number of benzene rings is 1. The minimum absolute atomic E-state index is 0.545. The van der Waals surface area contributed by atoms with Crippen molar-refractivity contribution < 1.29 is 4.74 Å². The maximum absolute atomic E-state index is 5.45. The van der Waals surface area contributed by atoms with E-state index in [1.807, 2.05) is 0 Å². The first-order valence-electron chi connectivity index (χ1n) is 7.68. The van der Waals surface area contributed by atoms with Crippen molar-refractivity contribution in [3.8, 4) is 0 Å². The van der Waals surface area contributed by atoms with Gasteiger partial charge in [-0.25, -0.2) is 0 Å². The number of rotatable bonds is 10. The molecule has 1 rings (SSSR count). The van der Waals surface area contributed by atoms with Gasteiger partial charge in [0.1, 0.15) is 0 Å². The van der Waals surface area contributed by atoms with Crippen LogP contribution >= 0.6 is 15.9 Å². The fraction of sp³-hybridized carbons (Fsp3) is 0.647. The highest BCUT2D eigenvalue weighted by molar-refractivity contribution is 9.10. The summed E-state index contributed by atoms with van der Waals surface area (Å²) < 4.78 is 6.68. The largest absolute Gasteiger partial charge is 0.382 e. The lowest BCUT2D eigenvalue weighted by atomic mass is 9.94. The van der Waals surface area contributed by atoms with Crippen LogP contribution in [0, 0.1) is 5.92 Å². The molecule has 1 aromatic rings. The Balaban J connectivity index is 2.50. The Labute approximate surface area is 132 Å². The highest BCUT2D eigenvalue weighted by Crippen LogP contribution is 2.21. The van der Waals surface area contributed by atoms with Crippen LogP contribution in [0.3, 0.4) is 0 Å². The zero-order chi connectivity index (χ0) is 14.8. The zero-order valence-electron chi connectivity index (χ0n) is 13.0. The van der Waals surface area contributed by atoms with Gasteiger partial charge in [-0.3, -0.25) is 0 Å². The molecule has 0 aliphatic carbocycles. The molecule has 3 heteroatoms. The molecule has 1 atom stereocenters. The summed E-state index contributed by atoms with van der Waals surface area (Å²) in [5.74, 6) is 0.663. The van der Waals surface area contributed by atoms with E-state index in [0.717, 1.165) is 32.6 Å². The molecule has 0 radical (unpaired) electrons. The van der Waals surface area contributed by atoms with Gasteiger partial charge in [0.05, 0.1) is 0 Å². The van der Waals surface area contributed by atoms with Crippen LogP contribution in [0.5, 0.6) is 0 Å². The molecule has 1 N–H and O–H groups in total. The van der Waals surface area contributed by atoms with Gasteiger partial charge in [0, 0.05) is 23.7 Å². The Hall–Kier alpha value is -0.380. The topological polar surface area (TPSA) is 21.3 Å². The summed E-state index contributed by atoms with van der Waals surface area (Å²) in [5, 5.41) is 3.57. The van der Waals surface area contributed by atoms with Crippen LogP contribution in [-0.2, 0) is 11.2 Å². The molecule has 0 amide bonds. The van der Waals surface area contributed by atoms with Crippen LogP contribution in [0.1, 0.15) is 39.2 Å². The standard InChI is InChI=1S/C17H28BrNO/c1-4-20-11-7-8-15(13-19-14(2)3)12-16-9-5-6-10-17(16)18/h5-6,9-10,14-15,19H,4,7-8,11-13H2,1-3H3. The van der Waals surface area contributed by atoms with Crippen LogP contribution in [0.4, 0.5) is 0 Å². The lowest BCUT2D eigenvalue weighted by Gasteiger charge is -2.20. The molecule has 1 aromatic carbocycles. The number of ether oxygens (including phenoxy) is 1. The van der Waals surface area contributed by atoms with Crippen molar-refractivity contribution in [2.45, 2.75) is 46.1 Å². The van der Waals surface area contributed by atoms with Gasteiger partial charge in [-0.1, -0.05) is 48.0 Å². The molecular formula is C17H28BrNO. The quantitative estimate of drug-likeness (QED) is 0.636. The van der Waals surface area contributed by atoms with E-state index in [0.29, 0.717) is 12.0 Å². The van der Waals surface area contributed by atoms with Crippen molar-refractivity contribution in [3.63, 3.8) is 0 Å². The van der Waals surface area contributed by atoms with E-state index >= 15 is 0 Å². The van der Waals surface area contributed by atoms with Crippen LogP contribution in [0.15, 0.2) is 28.7 Å². The van der Waals surface area contributed by atoms with E-state index in [1.54, 1.807) is 0 Å². The fourth-order valence-corrected chi connectivity index (χ4v) is 2.72. The number of hydrogen-bond donors (Lipinski definition) is 1. The Morgan fingerprint density at radius 3 is 2.65 bits per heavy atom. The van der Waals surface area contributed by atoms with Crippen LogP contribution in [-0.4, -0.2) is 25.8 Å². The van der Waals surface area contributed by atoms with Gasteiger partial charge in [0.25, 0.3) is 0 Å². The third-order valence-electron chi connectivity index (χ3n) is 3.39. The normalized spacial score (nSPS) is 12.8. The number of hydrogen-bond acceptors (Lipinski definition) is 2. The van der Waals surface area contributed by atoms with Crippen molar-refractivity contribution in [3.05, 3.63) is 34.3 Å². The molecule has 0 aliphatic rings. The maximum Gasteiger partial charge on any atom is 0.0466 e. The van der Waals surface area contributed by atoms with Gasteiger partial charge < -0.3 is 10.1 Å². The summed E-state index contributed by atoms with van der Waals surface area (Å²) in [6.07, 6.45) is 3.47. The van der Waals surface area contributed by atoms with Crippen molar-refractivity contribution in [2.75, 3.05) is 19.8 Å². The van der Waals surface area contributed by atoms with Crippen LogP contribution in [0.25, 0.3) is 0 Å². The number of nitrogens with one attached hydrogen (secondary N) is 1. The first-order chi connectivity index (χ1) is 9.63. The second kappa shape index (κ2) is 10.4. The zero-order valence-corrected chi connectivity index (χ0v) is 14.6. The average molecular weight is 342 g/mol. The molecule has 114 valence electrons. The highest BCUT2D eigenvalue weighted by Gasteiger charge is 2.12. The predicted molar refractivity (Wildman–Crippen MR) is 90.2 cm³/mol. The van der Waals surface area contributed by atoms with E-state index in [2.05, 4.69) is 66.3 Å². The van der Waals surface area contributed by atoms with Crippen molar-refractivity contribution in [1.82, 2.24) is 5.32 Å². The van der Waals surface area contributed by atoms with Crippen molar-refractivity contribution in [2.24, 2.45) is 5.92 Å². The number of halogens is 1. The predicted octanol–water partition coefficient (Wildman–Crippen LogP) is 4.42. The van der Waals surface area contributed by atoms with Crippen LogP contribution < -0.4 is 5.32 Å². The molecule has 1 unspecified atom stereocenters. The molecule has 0 heterocycles. The SMILES string of the molecule is CCOCCCC(CNC(C)C)Cc1ccccc1Br. The minimum atomic E-state index is 0.545. The smallest absolute Gasteiger partial charge is 0.0466 e. The molecule has 0 spiro atoms. The van der Waals surface area contributed by atoms with E-state index in [4.69, 9.17) is 4.74 Å². The second-order valence-electron chi connectivity index (χ2n) is 5.56. The maximum atomic E-state index is 5.45. The molecule has 0 aliphatic heterocycles. The van der Waals surface area contributed by atoms with Gasteiger partial charge in [0.2, 0.25) is 0 Å². The molecule has 0 saturated heterocycles. The summed E-state index contributed by atoms with van der Waals surface area (Å²) >= 11 is 3.65. The summed E-state index contributed by atoms with van der Waals surface area (Å²) in [6.45, 7) is 9.24. The summed E-state index contributed by atoms with van der Waals surface area (Å²) in [7, 11) is 0. The Kier molecular flexibility index (Phi) is 9.16. The molecule has 2 nitrogen and oxygen atoms in total. The van der Waals surface area contributed by atoms with Gasteiger partial charge >= 0.3 is 0 Å².